The van der Waals surface area contributed by atoms with E-state index in [1.54, 1.807) is 6.07 Å². The zero-order valence-electron chi connectivity index (χ0n) is 14.2. The van der Waals surface area contributed by atoms with Crippen LogP contribution in [0.15, 0.2) is 54.6 Å². The standard InChI is InChI=1S/C21H29NO/c1-2-3-4-5-6-10-15-19(18-13-8-7-9-14-18)22-20-16-11-12-17-21(20)23/h7-9,11-14,16-17,19,22-23H,2-6,10,15H2,1H3. The van der Waals surface area contributed by atoms with Gasteiger partial charge in [-0.3, -0.25) is 0 Å². The highest BCUT2D eigenvalue weighted by Crippen LogP contribution is 2.29. The molecule has 2 rings (SSSR count). The van der Waals surface area contributed by atoms with Crippen molar-refractivity contribution in [3.05, 3.63) is 60.2 Å². The van der Waals surface area contributed by atoms with Crippen molar-refractivity contribution in [2.75, 3.05) is 5.32 Å². The van der Waals surface area contributed by atoms with Gasteiger partial charge < -0.3 is 10.4 Å². The number of unbranched alkanes of at least 4 members (excludes halogenated alkanes) is 5. The SMILES string of the molecule is CCCCCCCCC(Nc1ccccc1O)c1ccccc1. The topological polar surface area (TPSA) is 32.3 Å². The first-order chi connectivity index (χ1) is 11.3. The van der Waals surface area contributed by atoms with Gasteiger partial charge in [0.15, 0.2) is 0 Å². The molecule has 2 aromatic carbocycles. The van der Waals surface area contributed by atoms with E-state index in [0.29, 0.717) is 5.75 Å². The summed E-state index contributed by atoms with van der Waals surface area (Å²) in [6, 6.07) is 18.2. The lowest BCUT2D eigenvalue weighted by atomic mass is 9.99. The molecule has 124 valence electrons. The second-order valence-electron chi connectivity index (χ2n) is 6.18. The number of anilines is 1. The number of phenols is 1. The molecule has 1 unspecified atom stereocenters. The largest absolute Gasteiger partial charge is 0.506 e. The molecule has 0 aliphatic heterocycles. The summed E-state index contributed by atoms with van der Waals surface area (Å²) < 4.78 is 0. The number of nitrogens with one attached hydrogen (secondary N) is 1. The summed E-state index contributed by atoms with van der Waals surface area (Å²) in [5.74, 6) is 0.316. The van der Waals surface area contributed by atoms with Crippen LogP contribution in [0, 0.1) is 0 Å². The molecule has 2 aromatic rings. The molecule has 0 bridgehead atoms. The summed E-state index contributed by atoms with van der Waals surface area (Å²) in [5, 5.41) is 13.5. The van der Waals surface area contributed by atoms with E-state index in [0.717, 1.165) is 12.1 Å². The Hall–Kier alpha value is -1.96. The summed E-state index contributed by atoms with van der Waals surface area (Å²) in [7, 11) is 0. The van der Waals surface area contributed by atoms with Crippen LogP contribution in [0.25, 0.3) is 0 Å². The van der Waals surface area contributed by atoms with Crippen molar-refractivity contribution in [1.29, 1.82) is 0 Å². The Morgan fingerprint density at radius 1 is 0.826 bits per heavy atom. The molecule has 0 spiro atoms. The lowest BCUT2D eigenvalue weighted by Gasteiger charge is -2.21. The van der Waals surface area contributed by atoms with E-state index in [1.807, 2.05) is 24.3 Å². The molecule has 0 saturated heterocycles. The molecule has 0 heterocycles. The van der Waals surface area contributed by atoms with E-state index in [4.69, 9.17) is 0 Å². The average Bonchev–Trinajstić information content (AvgIpc) is 2.59. The average molecular weight is 311 g/mol. The second-order valence-corrected chi connectivity index (χ2v) is 6.18. The molecule has 23 heavy (non-hydrogen) atoms. The number of phenolic OH excluding ortho intramolecular Hbond substituents is 1. The molecule has 2 N–H and O–H groups in total. The first-order valence-electron chi connectivity index (χ1n) is 8.90. The van der Waals surface area contributed by atoms with Gasteiger partial charge in [0.05, 0.1) is 11.7 Å². The van der Waals surface area contributed by atoms with Crippen molar-refractivity contribution in [3.8, 4) is 5.75 Å². The van der Waals surface area contributed by atoms with Gasteiger partial charge in [-0.15, -0.1) is 0 Å². The molecule has 0 amide bonds. The van der Waals surface area contributed by atoms with E-state index in [-0.39, 0.29) is 6.04 Å². The predicted molar refractivity (Wildman–Crippen MR) is 98.9 cm³/mol. The number of hydrogen-bond donors (Lipinski definition) is 2. The fourth-order valence-electron chi connectivity index (χ4n) is 2.92. The smallest absolute Gasteiger partial charge is 0.138 e. The third-order valence-electron chi connectivity index (χ3n) is 4.28. The summed E-state index contributed by atoms with van der Waals surface area (Å²) >= 11 is 0. The minimum absolute atomic E-state index is 0.246. The number of rotatable bonds is 10. The molecule has 0 saturated carbocycles. The van der Waals surface area contributed by atoms with Crippen LogP contribution in [0.1, 0.15) is 63.5 Å². The van der Waals surface area contributed by atoms with Crippen LogP contribution < -0.4 is 5.32 Å². The third-order valence-corrected chi connectivity index (χ3v) is 4.28. The second kappa shape index (κ2) is 9.94. The fraction of sp³-hybridized carbons (Fsp3) is 0.429. The lowest BCUT2D eigenvalue weighted by Crippen LogP contribution is -2.11. The molecule has 0 fully saturated rings. The van der Waals surface area contributed by atoms with Gasteiger partial charge in [0.1, 0.15) is 5.75 Å². The maximum atomic E-state index is 10.0. The number of para-hydroxylation sites is 2. The van der Waals surface area contributed by atoms with Gasteiger partial charge in [0.2, 0.25) is 0 Å². The molecule has 0 radical (unpaired) electrons. The quantitative estimate of drug-likeness (QED) is 0.399. The van der Waals surface area contributed by atoms with Gasteiger partial charge in [-0.1, -0.05) is 87.9 Å². The van der Waals surface area contributed by atoms with Crippen molar-refractivity contribution in [1.82, 2.24) is 0 Å². The van der Waals surface area contributed by atoms with Crippen molar-refractivity contribution in [2.24, 2.45) is 0 Å². The molecular weight excluding hydrogens is 282 g/mol. The van der Waals surface area contributed by atoms with Gasteiger partial charge in [-0.05, 0) is 24.1 Å². The Morgan fingerprint density at radius 2 is 1.48 bits per heavy atom. The highest BCUT2D eigenvalue weighted by molar-refractivity contribution is 5.56. The van der Waals surface area contributed by atoms with Gasteiger partial charge in [-0.2, -0.15) is 0 Å². The van der Waals surface area contributed by atoms with Crippen molar-refractivity contribution >= 4 is 5.69 Å². The molecule has 2 heteroatoms. The van der Waals surface area contributed by atoms with E-state index in [9.17, 15) is 5.11 Å². The minimum Gasteiger partial charge on any atom is -0.506 e. The van der Waals surface area contributed by atoms with Gasteiger partial charge >= 0.3 is 0 Å². The summed E-state index contributed by atoms with van der Waals surface area (Å²) in [6.07, 6.45) is 8.89. The van der Waals surface area contributed by atoms with Crippen molar-refractivity contribution < 1.29 is 5.11 Å². The maximum Gasteiger partial charge on any atom is 0.138 e. The fourth-order valence-corrected chi connectivity index (χ4v) is 2.92. The Morgan fingerprint density at radius 3 is 2.22 bits per heavy atom. The maximum absolute atomic E-state index is 10.0. The zero-order valence-corrected chi connectivity index (χ0v) is 14.2. The number of benzene rings is 2. The first kappa shape index (κ1) is 17.4. The molecule has 2 nitrogen and oxygen atoms in total. The predicted octanol–water partition coefficient (Wildman–Crippen LogP) is 6.30. The van der Waals surface area contributed by atoms with Crippen LogP contribution in [0.2, 0.25) is 0 Å². The monoisotopic (exact) mass is 311 g/mol. The summed E-state index contributed by atoms with van der Waals surface area (Å²) in [5.41, 5.74) is 2.09. The minimum atomic E-state index is 0.246. The van der Waals surface area contributed by atoms with Gasteiger partial charge in [-0.25, -0.2) is 0 Å². The highest BCUT2D eigenvalue weighted by Gasteiger charge is 2.12. The van der Waals surface area contributed by atoms with Crippen LogP contribution >= 0.6 is 0 Å². The Bertz CT molecular complexity index is 553. The van der Waals surface area contributed by atoms with E-state index in [1.165, 1.54) is 44.1 Å². The van der Waals surface area contributed by atoms with E-state index < -0.39 is 0 Å². The lowest BCUT2D eigenvalue weighted by molar-refractivity contribution is 0.475. The van der Waals surface area contributed by atoms with E-state index >= 15 is 0 Å². The van der Waals surface area contributed by atoms with Crippen LogP contribution in [0.4, 0.5) is 5.69 Å². The van der Waals surface area contributed by atoms with Crippen molar-refractivity contribution in [2.45, 2.75) is 57.9 Å². The Balaban J connectivity index is 1.94. The van der Waals surface area contributed by atoms with Gasteiger partial charge in [0, 0.05) is 0 Å². The van der Waals surface area contributed by atoms with Crippen LogP contribution in [-0.2, 0) is 0 Å². The molecule has 1 atom stereocenters. The summed E-state index contributed by atoms with van der Waals surface area (Å²) in [4.78, 5) is 0. The normalized spacial score (nSPS) is 12.0. The number of hydrogen-bond acceptors (Lipinski definition) is 2. The zero-order chi connectivity index (χ0) is 16.3. The molecule has 0 aromatic heterocycles. The number of aromatic hydroxyl groups is 1. The molecular formula is C21H29NO. The van der Waals surface area contributed by atoms with Crippen molar-refractivity contribution in [3.63, 3.8) is 0 Å². The van der Waals surface area contributed by atoms with E-state index in [2.05, 4.69) is 36.5 Å². The Kier molecular flexibility index (Phi) is 7.51. The highest BCUT2D eigenvalue weighted by atomic mass is 16.3. The molecule has 0 aliphatic carbocycles. The van der Waals surface area contributed by atoms with Crippen LogP contribution in [-0.4, -0.2) is 5.11 Å². The summed E-state index contributed by atoms with van der Waals surface area (Å²) in [6.45, 7) is 2.25. The van der Waals surface area contributed by atoms with Crippen LogP contribution in [0.3, 0.4) is 0 Å². The molecule has 0 aliphatic rings. The van der Waals surface area contributed by atoms with Gasteiger partial charge in [0.25, 0.3) is 0 Å². The first-order valence-corrected chi connectivity index (χ1v) is 8.90. The Labute approximate surface area is 140 Å². The third kappa shape index (κ3) is 5.97. The van der Waals surface area contributed by atoms with Crippen LogP contribution in [0.5, 0.6) is 5.75 Å².